The highest BCUT2D eigenvalue weighted by Crippen LogP contribution is 2.23. The molecule has 98 valence electrons. The van der Waals surface area contributed by atoms with Crippen molar-refractivity contribution < 1.29 is 9.90 Å². The number of hydrogen-bond donors (Lipinski definition) is 1. The Morgan fingerprint density at radius 2 is 2.26 bits per heavy atom. The SMILES string of the molecule is Cc1nn(-c2ccc(Br)cc2/C=C/C(=O)O)cc1Cl. The number of aromatic nitrogens is 2. The van der Waals surface area contributed by atoms with Crippen molar-refractivity contribution in [2.45, 2.75) is 6.92 Å². The molecule has 1 N–H and O–H groups in total. The molecule has 0 unspecified atom stereocenters. The quantitative estimate of drug-likeness (QED) is 0.866. The zero-order chi connectivity index (χ0) is 14.0. The average Bonchev–Trinajstić information content (AvgIpc) is 2.67. The number of carboxylic acids is 1. The van der Waals surface area contributed by atoms with Crippen LogP contribution >= 0.6 is 27.5 Å². The molecule has 1 aromatic heterocycles. The van der Waals surface area contributed by atoms with Crippen LogP contribution in [0.15, 0.2) is 34.9 Å². The summed E-state index contributed by atoms with van der Waals surface area (Å²) in [4.78, 5) is 10.6. The molecule has 0 aliphatic carbocycles. The largest absolute Gasteiger partial charge is 0.478 e. The zero-order valence-corrected chi connectivity index (χ0v) is 12.3. The number of aryl methyl sites for hydroxylation is 1. The Bertz CT molecular complexity index is 645. The summed E-state index contributed by atoms with van der Waals surface area (Å²) in [5, 5.41) is 13.6. The van der Waals surface area contributed by atoms with Gasteiger partial charge in [-0.05, 0) is 31.2 Å². The second-order valence-electron chi connectivity index (χ2n) is 3.88. The lowest BCUT2D eigenvalue weighted by Crippen LogP contribution is -1.98. The van der Waals surface area contributed by atoms with Crippen LogP contribution in [0.4, 0.5) is 0 Å². The number of hydrogen-bond acceptors (Lipinski definition) is 2. The molecule has 2 rings (SSSR count). The molecule has 0 spiro atoms. The minimum Gasteiger partial charge on any atom is -0.478 e. The van der Waals surface area contributed by atoms with Gasteiger partial charge in [-0.25, -0.2) is 9.48 Å². The summed E-state index contributed by atoms with van der Waals surface area (Å²) in [5.41, 5.74) is 2.21. The van der Waals surface area contributed by atoms with Gasteiger partial charge < -0.3 is 5.11 Å². The monoisotopic (exact) mass is 340 g/mol. The first-order valence-electron chi connectivity index (χ1n) is 5.40. The normalized spacial score (nSPS) is 11.1. The van der Waals surface area contributed by atoms with Crippen LogP contribution in [0.3, 0.4) is 0 Å². The van der Waals surface area contributed by atoms with E-state index in [2.05, 4.69) is 21.0 Å². The number of carboxylic acid groups (broad SMARTS) is 1. The number of rotatable bonds is 3. The van der Waals surface area contributed by atoms with Gasteiger partial charge in [0.15, 0.2) is 0 Å². The number of halogens is 2. The van der Waals surface area contributed by atoms with E-state index < -0.39 is 5.97 Å². The van der Waals surface area contributed by atoms with E-state index in [0.29, 0.717) is 5.02 Å². The van der Waals surface area contributed by atoms with Crippen LogP contribution in [-0.2, 0) is 4.79 Å². The van der Waals surface area contributed by atoms with Crippen molar-refractivity contribution >= 4 is 39.6 Å². The lowest BCUT2D eigenvalue weighted by Gasteiger charge is -2.06. The Hall–Kier alpha value is -1.59. The third kappa shape index (κ3) is 3.24. The molecule has 0 atom stereocenters. The van der Waals surface area contributed by atoms with Crippen molar-refractivity contribution in [2.24, 2.45) is 0 Å². The molecule has 1 heterocycles. The maximum absolute atomic E-state index is 10.6. The summed E-state index contributed by atoms with van der Waals surface area (Å²) >= 11 is 9.34. The van der Waals surface area contributed by atoms with Gasteiger partial charge in [0.2, 0.25) is 0 Å². The van der Waals surface area contributed by atoms with Gasteiger partial charge in [0, 0.05) is 22.3 Å². The van der Waals surface area contributed by atoms with Crippen LogP contribution in [0.25, 0.3) is 11.8 Å². The van der Waals surface area contributed by atoms with Gasteiger partial charge in [-0.1, -0.05) is 27.5 Å². The van der Waals surface area contributed by atoms with Crippen LogP contribution in [0, 0.1) is 6.92 Å². The average molecular weight is 342 g/mol. The lowest BCUT2D eigenvalue weighted by molar-refractivity contribution is -0.131. The molecular formula is C13H10BrClN2O2. The van der Waals surface area contributed by atoms with E-state index in [4.69, 9.17) is 16.7 Å². The fourth-order valence-corrected chi connectivity index (χ4v) is 2.10. The van der Waals surface area contributed by atoms with Crippen LogP contribution in [0.1, 0.15) is 11.3 Å². The Morgan fingerprint density at radius 3 is 2.84 bits per heavy atom. The van der Waals surface area contributed by atoms with Crippen molar-refractivity contribution in [3.63, 3.8) is 0 Å². The third-order valence-electron chi connectivity index (χ3n) is 2.48. The minimum atomic E-state index is -0.999. The summed E-state index contributed by atoms with van der Waals surface area (Å²) < 4.78 is 2.49. The summed E-state index contributed by atoms with van der Waals surface area (Å²) in [6.45, 7) is 1.81. The van der Waals surface area contributed by atoms with Crippen molar-refractivity contribution in [1.29, 1.82) is 0 Å². The maximum atomic E-state index is 10.6. The first-order valence-corrected chi connectivity index (χ1v) is 6.57. The molecule has 0 radical (unpaired) electrons. The van der Waals surface area contributed by atoms with Gasteiger partial charge in [0.1, 0.15) is 0 Å². The van der Waals surface area contributed by atoms with E-state index in [0.717, 1.165) is 27.5 Å². The van der Waals surface area contributed by atoms with E-state index in [1.54, 1.807) is 10.9 Å². The van der Waals surface area contributed by atoms with Crippen LogP contribution in [-0.4, -0.2) is 20.9 Å². The van der Waals surface area contributed by atoms with E-state index >= 15 is 0 Å². The summed E-state index contributed by atoms with van der Waals surface area (Å²) in [7, 11) is 0. The zero-order valence-electron chi connectivity index (χ0n) is 9.97. The van der Waals surface area contributed by atoms with E-state index in [1.165, 1.54) is 6.08 Å². The third-order valence-corrected chi connectivity index (χ3v) is 3.35. The molecule has 0 saturated heterocycles. The summed E-state index contributed by atoms with van der Waals surface area (Å²) in [5.74, 6) is -0.999. The molecule has 2 aromatic rings. The van der Waals surface area contributed by atoms with E-state index in [1.807, 2.05) is 25.1 Å². The maximum Gasteiger partial charge on any atom is 0.328 e. The molecule has 0 amide bonds. The standard InChI is InChI=1S/C13H10BrClN2O2/c1-8-11(15)7-17(16-8)12-4-3-10(14)6-9(12)2-5-13(18)19/h2-7H,1H3,(H,18,19)/b5-2+. The molecule has 0 bridgehead atoms. The van der Waals surface area contributed by atoms with Crippen LogP contribution in [0.5, 0.6) is 0 Å². The highest BCUT2D eigenvalue weighted by molar-refractivity contribution is 9.10. The smallest absolute Gasteiger partial charge is 0.328 e. The van der Waals surface area contributed by atoms with Crippen molar-refractivity contribution in [1.82, 2.24) is 9.78 Å². The van der Waals surface area contributed by atoms with Gasteiger partial charge in [-0.2, -0.15) is 5.10 Å². The molecule has 1 aromatic carbocycles. The highest BCUT2D eigenvalue weighted by Gasteiger charge is 2.08. The first kappa shape index (κ1) is 13.8. The highest BCUT2D eigenvalue weighted by atomic mass is 79.9. The van der Waals surface area contributed by atoms with Crippen molar-refractivity contribution in [2.75, 3.05) is 0 Å². The second-order valence-corrected chi connectivity index (χ2v) is 5.20. The molecular weight excluding hydrogens is 332 g/mol. The minimum absolute atomic E-state index is 0.566. The Morgan fingerprint density at radius 1 is 1.53 bits per heavy atom. The first-order chi connectivity index (χ1) is 8.97. The molecule has 6 heteroatoms. The van der Waals surface area contributed by atoms with Gasteiger partial charge in [-0.15, -0.1) is 0 Å². The predicted molar refractivity (Wildman–Crippen MR) is 77.7 cm³/mol. The fraction of sp³-hybridized carbons (Fsp3) is 0.0769. The number of aliphatic carboxylic acids is 1. The molecule has 19 heavy (non-hydrogen) atoms. The Kier molecular flexibility index (Phi) is 4.07. The summed E-state index contributed by atoms with van der Waals surface area (Å²) in [6, 6.07) is 5.52. The molecule has 0 fully saturated rings. The topological polar surface area (TPSA) is 55.1 Å². The fourth-order valence-electron chi connectivity index (χ4n) is 1.59. The Labute approximate surface area is 123 Å². The molecule has 0 aliphatic heterocycles. The lowest BCUT2D eigenvalue weighted by atomic mass is 10.1. The summed E-state index contributed by atoms with van der Waals surface area (Å²) in [6.07, 6.45) is 4.30. The number of benzene rings is 1. The van der Waals surface area contributed by atoms with E-state index in [9.17, 15) is 4.79 Å². The molecule has 0 saturated carbocycles. The Balaban J connectivity index is 2.53. The van der Waals surface area contributed by atoms with Crippen molar-refractivity contribution in [3.8, 4) is 5.69 Å². The molecule has 4 nitrogen and oxygen atoms in total. The van der Waals surface area contributed by atoms with E-state index in [-0.39, 0.29) is 0 Å². The van der Waals surface area contributed by atoms with Crippen LogP contribution in [0.2, 0.25) is 5.02 Å². The molecule has 0 aliphatic rings. The van der Waals surface area contributed by atoms with Gasteiger partial charge in [0.25, 0.3) is 0 Å². The van der Waals surface area contributed by atoms with Gasteiger partial charge in [0.05, 0.1) is 16.4 Å². The van der Waals surface area contributed by atoms with Gasteiger partial charge in [-0.3, -0.25) is 0 Å². The second kappa shape index (κ2) is 5.59. The number of nitrogens with zero attached hydrogens (tertiary/aromatic N) is 2. The van der Waals surface area contributed by atoms with Crippen LogP contribution < -0.4 is 0 Å². The van der Waals surface area contributed by atoms with Crippen molar-refractivity contribution in [3.05, 3.63) is 51.2 Å². The number of carbonyl (C=O) groups is 1. The predicted octanol–water partition coefficient (Wildman–Crippen LogP) is 3.69. The van der Waals surface area contributed by atoms with Gasteiger partial charge >= 0.3 is 5.97 Å².